The lowest BCUT2D eigenvalue weighted by molar-refractivity contribution is -0.114. The number of thiazole rings is 1. The number of hydrogen-bond acceptors (Lipinski definition) is 4. The molecule has 2 aromatic heterocycles. The van der Waals surface area contributed by atoms with Crippen LogP contribution in [0.1, 0.15) is 18.2 Å². The smallest absolute Gasteiger partial charge is 0.252 e. The van der Waals surface area contributed by atoms with Crippen molar-refractivity contribution in [2.75, 3.05) is 11.4 Å². The zero-order chi connectivity index (χ0) is 15.5. The molecule has 0 aliphatic heterocycles. The van der Waals surface area contributed by atoms with Gasteiger partial charge in [0, 0.05) is 12.6 Å². The van der Waals surface area contributed by atoms with Crippen molar-refractivity contribution in [3.8, 4) is 0 Å². The minimum Gasteiger partial charge on any atom is -0.465 e. The maximum atomic E-state index is 12.4. The number of rotatable bonds is 4. The van der Waals surface area contributed by atoms with Crippen LogP contribution in [0.2, 0.25) is 0 Å². The van der Waals surface area contributed by atoms with Gasteiger partial charge in [0.05, 0.1) is 16.5 Å². The minimum atomic E-state index is -0.101. The lowest BCUT2D eigenvalue weighted by Crippen LogP contribution is -2.28. The van der Waals surface area contributed by atoms with E-state index in [1.807, 2.05) is 32.0 Å². The Morgan fingerprint density at radius 1 is 1.36 bits per heavy atom. The molecule has 22 heavy (non-hydrogen) atoms. The standard InChI is InChI=1S/C17H16N2O2S/c1-3-19(15(20)10-9-13-7-5-11-21-13)17-18-16-12(2)6-4-8-14(16)22-17/h4-11H,3H2,1-2H3. The van der Waals surface area contributed by atoms with Crippen molar-refractivity contribution < 1.29 is 9.21 Å². The van der Waals surface area contributed by atoms with Crippen LogP contribution in [0.15, 0.2) is 47.1 Å². The number of fused-ring (bicyclic) bond motifs is 1. The van der Waals surface area contributed by atoms with Gasteiger partial charge in [-0.05, 0) is 43.7 Å². The van der Waals surface area contributed by atoms with Gasteiger partial charge in [-0.1, -0.05) is 23.5 Å². The molecule has 0 unspecified atom stereocenters. The Kier molecular flexibility index (Phi) is 4.06. The van der Waals surface area contributed by atoms with Gasteiger partial charge in [-0.2, -0.15) is 0 Å². The SMILES string of the molecule is CCN(C(=O)C=Cc1ccco1)c1nc2c(C)cccc2s1. The zero-order valence-electron chi connectivity index (χ0n) is 12.4. The van der Waals surface area contributed by atoms with Gasteiger partial charge in [-0.3, -0.25) is 9.69 Å². The number of carbonyl (C=O) groups is 1. The molecular weight excluding hydrogens is 296 g/mol. The molecule has 3 rings (SSSR count). The van der Waals surface area contributed by atoms with E-state index in [9.17, 15) is 4.79 Å². The van der Waals surface area contributed by atoms with Gasteiger partial charge in [-0.15, -0.1) is 0 Å². The average Bonchev–Trinajstić information content (AvgIpc) is 3.15. The Hall–Kier alpha value is -2.40. The average molecular weight is 312 g/mol. The summed E-state index contributed by atoms with van der Waals surface area (Å²) in [6.07, 6.45) is 4.77. The van der Waals surface area contributed by atoms with Gasteiger partial charge in [0.2, 0.25) is 0 Å². The zero-order valence-corrected chi connectivity index (χ0v) is 13.3. The highest BCUT2D eigenvalue weighted by Gasteiger charge is 2.16. The summed E-state index contributed by atoms with van der Waals surface area (Å²) in [7, 11) is 0. The summed E-state index contributed by atoms with van der Waals surface area (Å²) in [5.41, 5.74) is 2.08. The number of nitrogens with zero attached hydrogens (tertiary/aromatic N) is 2. The van der Waals surface area contributed by atoms with Crippen molar-refractivity contribution >= 4 is 38.7 Å². The Labute approximate surface area is 132 Å². The molecule has 0 aliphatic carbocycles. The van der Waals surface area contributed by atoms with E-state index in [0.717, 1.165) is 20.9 Å². The van der Waals surface area contributed by atoms with Crippen LogP contribution in [0.25, 0.3) is 16.3 Å². The molecule has 0 spiro atoms. The fourth-order valence-electron chi connectivity index (χ4n) is 2.20. The molecule has 112 valence electrons. The molecule has 0 radical (unpaired) electrons. The van der Waals surface area contributed by atoms with Crippen LogP contribution in [0, 0.1) is 6.92 Å². The summed E-state index contributed by atoms with van der Waals surface area (Å²) >= 11 is 1.53. The maximum Gasteiger partial charge on any atom is 0.252 e. The molecular formula is C17H16N2O2S. The van der Waals surface area contributed by atoms with Gasteiger partial charge in [0.25, 0.3) is 5.91 Å². The summed E-state index contributed by atoms with van der Waals surface area (Å²) < 4.78 is 6.29. The molecule has 5 heteroatoms. The van der Waals surface area contributed by atoms with Crippen molar-refractivity contribution in [1.29, 1.82) is 0 Å². The molecule has 2 heterocycles. The Morgan fingerprint density at radius 3 is 2.91 bits per heavy atom. The molecule has 1 aromatic carbocycles. The predicted molar refractivity (Wildman–Crippen MR) is 90.1 cm³/mol. The predicted octanol–water partition coefficient (Wildman–Crippen LogP) is 4.26. The number of para-hydroxylation sites is 1. The van der Waals surface area contributed by atoms with Crippen molar-refractivity contribution in [2.45, 2.75) is 13.8 Å². The fourth-order valence-corrected chi connectivity index (χ4v) is 3.32. The highest BCUT2D eigenvalue weighted by molar-refractivity contribution is 7.22. The van der Waals surface area contributed by atoms with E-state index >= 15 is 0 Å². The quantitative estimate of drug-likeness (QED) is 0.676. The maximum absolute atomic E-state index is 12.4. The van der Waals surface area contributed by atoms with E-state index in [2.05, 4.69) is 4.98 Å². The van der Waals surface area contributed by atoms with Gasteiger partial charge >= 0.3 is 0 Å². The van der Waals surface area contributed by atoms with Gasteiger partial charge in [-0.25, -0.2) is 4.98 Å². The number of anilines is 1. The molecule has 4 nitrogen and oxygen atoms in total. The van der Waals surface area contributed by atoms with Crippen molar-refractivity contribution in [3.63, 3.8) is 0 Å². The number of aromatic nitrogens is 1. The molecule has 0 saturated carbocycles. The molecule has 0 N–H and O–H groups in total. The second-order valence-corrected chi connectivity index (χ2v) is 5.86. The number of carbonyl (C=O) groups excluding carboxylic acids is 1. The van der Waals surface area contributed by atoms with E-state index in [1.54, 1.807) is 29.4 Å². The number of furan rings is 1. The number of aryl methyl sites for hydroxylation is 1. The summed E-state index contributed by atoms with van der Waals surface area (Å²) in [5.74, 6) is 0.556. The normalized spacial score (nSPS) is 11.4. The first-order chi connectivity index (χ1) is 10.7. The molecule has 0 fully saturated rings. The lowest BCUT2D eigenvalue weighted by atomic mass is 10.2. The largest absolute Gasteiger partial charge is 0.465 e. The summed E-state index contributed by atoms with van der Waals surface area (Å²) in [4.78, 5) is 18.7. The van der Waals surface area contributed by atoms with E-state index in [1.165, 1.54) is 17.4 Å². The molecule has 0 bridgehead atoms. The van der Waals surface area contributed by atoms with Crippen LogP contribution >= 0.6 is 11.3 Å². The first-order valence-corrected chi connectivity index (χ1v) is 7.90. The molecule has 1 amide bonds. The van der Waals surface area contributed by atoms with Crippen molar-refractivity contribution in [3.05, 3.63) is 54.0 Å². The van der Waals surface area contributed by atoms with Crippen LogP contribution in [0.5, 0.6) is 0 Å². The van der Waals surface area contributed by atoms with Crippen molar-refractivity contribution in [2.24, 2.45) is 0 Å². The Morgan fingerprint density at radius 2 is 2.23 bits per heavy atom. The third kappa shape index (κ3) is 2.80. The van der Waals surface area contributed by atoms with Gasteiger partial charge < -0.3 is 4.42 Å². The first-order valence-electron chi connectivity index (χ1n) is 7.08. The first kappa shape index (κ1) is 14.5. The number of amides is 1. The van der Waals surface area contributed by atoms with Crippen molar-refractivity contribution in [1.82, 2.24) is 4.98 Å². The summed E-state index contributed by atoms with van der Waals surface area (Å²) in [5, 5.41) is 0.723. The van der Waals surface area contributed by atoms with E-state index in [4.69, 9.17) is 4.42 Å². The minimum absolute atomic E-state index is 0.101. The molecule has 0 atom stereocenters. The number of benzene rings is 1. The Balaban J connectivity index is 1.89. The fraction of sp³-hybridized carbons (Fsp3) is 0.176. The monoisotopic (exact) mass is 312 g/mol. The second kappa shape index (κ2) is 6.15. The van der Waals surface area contributed by atoms with Crippen LogP contribution in [0.3, 0.4) is 0 Å². The highest BCUT2D eigenvalue weighted by atomic mass is 32.1. The summed E-state index contributed by atoms with van der Waals surface area (Å²) in [6, 6.07) is 9.66. The molecule has 0 saturated heterocycles. The van der Waals surface area contributed by atoms with Gasteiger partial charge in [0.15, 0.2) is 5.13 Å². The van der Waals surface area contributed by atoms with Crippen LogP contribution in [-0.4, -0.2) is 17.4 Å². The van der Waals surface area contributed by atoms with E-state index < -0.39 is 0 Å². The summed E-state index contributed by atoms with van der Waals surface area (Å²) in [6.45, 7) is 4.54. The highest BCUT2D eigenvalue weighted by Crippen LogP contribution is 2.30. The number of likely N-dealkylation sites (N-methyl/N-ethyl adjacent to an activating group) is 1. The topological polar surface area (TPSA) is 46.3 Å². The Bertz CT molecular complexity index is 818. The van der Waals surface area contributed by atoms with Crippen LogP contribution in [-0.2, 0) is 4.79 Å². The van der Waals surface area contributed by atoms with E-state index in [0.29, 0.717) is 12.3 Å². The second-order valence-electron chi connectivity index (χ2n) is 4.85. The lowest BCUT2D eigenvalue weighted by Gasteiger charge is -2.14. The third-order valence-corrected chi connectivity index (χ3v) is 4.40. The van der Waals surface area contributed by atoms with E-state index in [-0.39, 0.29) is 5.91 Å². The third-order valence-electron chi connectivity index (χ3n) is 3.36. The van der Waals surface area contributed by atoms with Crippen LogP contribution < -0.4 is 4.90 Å². The molecule has 0 aliphatic rings. The molecule has 3 aromatic rings. The number of hydrogen-bond donors (Lipinski definition) is 0. The van der Waals surface area contributed by atoms with Gasteiger partial charge in [0.1, 0.15) is 5.76 Å². The van der Waals surface area contributed by atoms with Crippen LogP contribution in [0.4, 0.5) is 5.13 Å².